The van der Waals surface area contributed by atoms with Gasteiger partial charge in [0.05, 0.1) is 18.2 Å². The van der Waals surface area contributed by atoms with Gasteiger partial charge in [-0.1, -0.05) is 0 Å². The molecule has 146 valence electrons. The number of carbonyl (C=O) groups is 1. The van der Waals surface area contributed by atoms with Crippen LogP contribution in [0.25, 0.3) is 5.69 Å². The number of rotatable bonds is 5. The summed E-state index contributed by atoms with van der Waals surface area (Å²) in [5, 5.41) is 14.1. The molecule has 2 aromatic rings. The molecule has 1 aromatic carbocycles. The van der Waals surface area contributed by atoms with Gasteiger partial charge in [0.1, 0.15) is 11.6 Å². The van der Waals surface area contributed by atoms with Crippen LogP contribution in [0.4, 0.5) is 13.2 Å². The molecule has 0 unspecified atom stereocenters. The predicted octanol–water partition coefficient (Wildman–Crippen LogP) is 0.759. The number of nitrogens with two attached hydrogens (primary N) is 2. The topological polar surface area (TPSA) is 129 Å². The van der Waals surface area contributed by atoms with Gasteiger partial charge in [0, 0.05) is 12.0 Å². The molecule has 1 aromatic heterocycles. The maximum atomic E-state index is 12.3. The van der Waals surface area contributed by atoms with E-state index in [0.717, 1.165) is 12.1 Å². The average molecular weight is 385 g/mol. The largest absolute Gasteiger partial charge is 0.573 e. The van der Waals surface area contributed by atoms with Crippen molar-refractivity contribution < 1.29 is 27.8 Å². The van der Waals surface area contributed by atoms with Gasteiger partial charge < -0.3 is 21.3 Å². The Kier molecular flexibility index (Phi) is 5.07. The van der Waals surface area contributed by atoms with Gasteiger partial charge in [-0.2, -0.15) is 5.10 Å². The van der Waals surface area contributed by atoms with E-state index in [-0.39, 0.29) is 23.9 Å². The number of amides is 1. The molecule has 1 saturated carbocycles. The van der Waals surface area contributed by atoms with Crippen LogP contribution < -0.4 is 16.2 Å². The van der Waals surface area contributed by atoms with E-state index >= 15 is 0 Å². The third-order valence-electron chi connectivity index (χ3n) is 4.27. The molecule has 0 saturated heterocycles. The summed E-state index contributed by atoms with van der Waals surface area (Å²) in [6, 6.07) is 4.66. The van der Waals surface area contributed by atoms with Crippen molar-refractivity contribution in [3.63, 3.8) is 0 Å². The zero-order valence-corrected chi connectivity index (χ0v) is 14.1. The minimum atomic E-state index is -4.79. The van der Waals surface area contributed by atoms with E-state index in [1.54, 1.807) is 0 Å². The van der Waals surface area contributed by atoms with E-state index in [9.17, 15) is 23.1 Å². The lowest BCUT2D eigenvalue weighted by Gasteiger charge is -2.12. The molecular formula is C16H18F3N5O3. The van der Waals surface area contributed by atoms with Crippen molar-refractivity contribution in [3.8, 4) is 11.4 Å². The second-order valence-corrected chi connectivity index (χ2v) is 6.38. The Morgan fingerprint density at radius 3 is 2.48 bits per heavy atom. The van der Waals surface area contributed by atoms with E-state index in [0.29, 0.717) is 24.4 Å². The Hall–Kier alpha value is -2.66. The second kappa shape index (κ2) is 7.16. The summed E-state index contributed by atoms with van der Waals surface area (Å²) in [7, 11) is 0. The summed E-state index contributed by atoms with van der Waals surface area (Å²) >= 11 is 0. The number of aliphatic hydroxyl groups excluding tert-OH is 1. The third-order valence-corrected chi connectivity index (χ3v) is 4.27. The van der Waals surface area contributed by atoms with E-state index in [1.165, 1.54) is 16.8 Å². The molecule has 5 N–H and O–H groups in total. The number of benzene rings is 1. The fourth-order valence-corrected chi connectivity index (χ4v) is 3.10. The summed E-state index contributed by atoms with van der Waals surface area (Å²) in [5.74, 6) is -0.555. The second-order valence-electron chi connectivity index (χ2n) is 6.38. The number of hydrogen-bond acceptors (Lipinski definition) is 6. The summed E-state index contributed by atoms with van der Waals surface area (Å²) in [6.07, 6.45) is -4.83. The first-order chi connectivity index (χ1) is 12.6. The van der Waals surface area contributed by atoms with Crippen molar-refractivity contribution in [3.05, 3.63) is 35.9 Å². The maximum Gasteiger partial charge on any atom is 0.573 e. The van der Waals surface area contributed by atoms with Gasteiger partial charge in [-0.15, -0.1) is 13.2 Å². The van der Waals surface area contributed by atoms with Crippen molar-refractivity contribution >= 4 is 5.91 Å². The van der Waals surface area contributed by atoms with Crippen molar-refractivity contribution in [1.82, 2.24) is 14.8 Å². The summed E-state index contributed by atoms with van der Waals surface area (Å²) in [6.45, 7) is 0. The minimum absolute atomic E-state index is 0.183. The fraction of sp³-hybridized carbons (Fsp3) is 0.438. The first-order valence-corrected chi connectivity index (χ1v) is 8.16. The molecule has 1 aliphatic carbocycles. The van der Waals surface area contributed by atoms with E-state index in [4.69, 9.17) is 11.5 Å². The average Bonchev–Trinajstić information content (AvgIpc) is 3.10. The number of primary amides is 1. The molecule has 0 spiro atoms. The van der Waals surface area contributed by atoms with Crippen LogP contribution in [0.15, 0.2) is 24.3 Å². The van der Waals surface area contributed by atoms with Crippen molar-refractivity contribution in [2.24, 2.45) is 11.5 Å². The first kappa shape index (κ1) is 19.1. The molecule has 1 heterocycles. The Morgan fingerprint density at radius 1 is 1.30 bits per heavy atom. The number of aromatic nitrogens is 3. The lowest BCUT2D eigenvalue weighted by Crippen LogP contribution is -2.28. The van der Waals surface area contributed by atoms with Crippen molar-refractivity contribution in [1.29, 1.82) is 0 Å². The van der Waals surface area contributed by atoms with Crippen LogP contribution in [-0.4, -0.2) is 44.3 Å². The monoisotopic (exact) mass is 385 g/mol. The molecular weight excluding hydrogens is 367 g/mol. The van der Waals surface area contributed by atoms with Crippen LogP contribution in [0.1, 0.15) is 30.4 Å². The van der Waals surface area contributed by atoms with Gasteiger partial charge in [0.15, 0.2) is 5.82 Å². The third kappa shape index (κ3) is 4.55. The van der Waals surface area contributed by atoms with E-state index in [2.05, 4.69) is 14.8 Å². The Labute approximate surface area is 151 Å². The number of nitrogens with zero attached hydrogens (tertiary/aromatic N) is 3. The minimum Gasteiger partial charge on any atom is -0.406 e. The highest BCUT2D eigenvalue weighted by Crippen LogP contribution is 2.34. The predicted molar refractivity (Wildman–Crippen MR) is 86.9 cm³/mol. The molecule has 27 heavy (non-hydrogen) atoms. The standard InChI is InChI=1S/C16H18F3N5O3/c17-16(18,19)27-10-3-1-9(2-4-10)24-15(8-5-11(20)12(25)6-8)22-14(23-24)7-13(21)26/h1-4,8,11-12,25H,5-7,20H2,(H2,21,26)/t8-,11-,12-/m0/s1. The summed E-state index contributed by atoms with van der Waals surface area (Å²) in [4.78, 5) is 15.5. The highest BCUT2D eigenvalue weighted by atomic mass is 19.4. The van der Waals surface area contributed by atoms with Crippen molar-refractivity contribution in [2.45, 2.75) is 43.7 Å². The van der Waals surface area contributed by atoms with Crippen LogP contribution in [0.3, 0.4) is 0 Å². The van der Waals surface area contributed by atoms with Crippen LogP contribution in [0, 0.1) is 0 Å². The van der Waals surface area contributed by atoms with Crippen LogP contribution in [0.5, 0.6) is 5.75 Å². The molecule has 3 atom stereocenters. The van der Waals surface area contributed by atoms with Gasteiger partial charge in [-0.05, 0) is 37.1 Å². The number of halogens is 3. The Morgan fingerprint density at radius 2 is 1.96 bits per heavy atom. The van der Waals surface area contributed by atoms with Gasteiger partial charge in [0.2, 0.25) is 5.91 Å². The molecule has 1 fully saturated rings. The zero-order valence-electron chi connectivity index (χ0n) is 14.1. The lowest BCUT2D eigenvalue weighted by atomic mass is 10.1. The van der Waals surface area contributed by atoms with Crippen LogP contribution in [-0.2, 0) is 11.2 Å². The van der Waals surface area contributed by atoms with E-state index in [1.807, 2.05) is 0 Å². The number of hydrogen-bond donors (Lipinski definition) is 3. The summed E-state index contributed by atoms with van der Waals surface area (Å²) < 4.78 is 42.2. The molecule has 1 amide bonds. The maximum absolute atomic E-state index is 12.3. The Balaban J connectivity index is 1.93. The normalized spacial score (nSPS) is 22.8. The van der Waals surface area contributed by atoms with Gasteiger partial charge >= 0.3 is 6.36 Å². The number of ether oxygens (including phenoxy) is 1. The molecule has 1 aliphatic rings. The molecule has 8 nitrogen and oxygen atoms in total. The van der Waals surface area contributed by atoms with Gasteiger partial charge in [-0.3, -0.25) is 4.79 Å². The van der Waals surface area contributed by atoms with Crippen LogP contribution >= 0.6 is 0 Å². The molecule has 11 heteroatoms. The highest BCUT2D eigenvalue weighted by molar-refractivity contribution is 5.75. The molecule has 0 radical (unpaired) electrons. The highest BCUT2D eigenvalue weighted by Gasteiger charge is 2.35. The number of alkyl halides is 3. The quantitative estimate of drug-likeness (QED) is 0.697. The fourth-order valence-electron chi connectivity index (χ4n) is 3.10. The SMILES string of the molecule is NC(=O)Cc1nc([C@H]2C[C@H](N)[C@@H](O)C2)n(-c2ccc(OC(F)(F)F)cc2)n1. The van der Waals surface area contributed by atoms with Crippen molar-refractivity contribution in [2.75, 3.05) is 0 Å². The number of carbonyl (C=O) groups excluding carboxylic acids is 1. The first-order valence-electron chi connectivity index (χ1n) is 8.16. The zero-order chi connectivity index (χ0) is 19.8. The van der Waals surface area contributed by atoms with Gasteiger partial charge in [0.25, 0.3) is 0 Å². The van der Waals surface area contributed by atoms with E-state index < -0.39 is 24.4 Å². The molecule has 0 bridgehead atoms. The van der Waals surface area contributed by atoms with Gasteiger partial charge in [-0.25, -0.2) is 9.67 Å². The number of aliphatic hydroxyl groups is 1. The molecule has 0 aliphatic heterocycles. The summed E-state index contributed by atoms with van der Waals surface area (Å²) in [5.41, 5.74) is 11.5. The lowest BCUT2D eigenvalue weighted by molar-refractivity contribution is -0.274. The van der Waals surface area contributed by atoms with Crippen LogP contribution in [0.2, 0.25) is 0 Å². The smallest absolute Gasteiger partial charge is 0.406 e. The molecule has 3 rings (SSSR count). The Bertz CT molecular complexity index is 812.